The van der Waals surface area contributed by atoms with Crippen LogP contribution in [-0.4, -0.2) is 40.4 Å². The van der Waals surface area contributed by atoms with E-state index in [1.54, 1.807) is 109 Å². The zero-order chi connectivity index (χ0) is 58.9. The van der Waals surface area contributed by atoms with Crippen LogP contribution in [0.5, 0.6) is 11.5 Å². The van der Waals surface area contributed by atoms with Gasteiger partial charge in [0.05, 0.1) is 0 Å². The van der Waals surface area contributed by atoms with E-state index in [9.17, 15) is 9.46 Å². The Labute approximate surface area is 480 Å². The number of aryl methyl sites for hydroxylation is 4. The van der Waals surface area contributed by atoms with Crippen LogP contribution < -0.4 is 9.05 Å². The Morgan fingerprint density at radius 1 is 0.373 bits per heavy atom. The maximum Gasteiger partial charge on any atom is 0.584 e. The minimum atomic E-state index is -5.90. The van der Waals surface area contributed by atoms with Gasteiger partial charge in [-0.2, -0.15) is 52.7 Å². The number of thiophene rings is 4. The second-order valence-corrected chi connectivity index (χ2v) is 26.7. The van der Waals surface area contributed by atoms with E-state index in [1.807, 2.05) is 0 Å². The van der Waals surface area contributed by atoms with E-state index in [0.29, 0.717) is 42.4 Å². The molecule has 0 atom stereocenters. The van der Waals surface area contributed by atoms with Gasteiger partial charge in [-0.05, 0) is 119 Å². The molecule has 0 bridgehead atoms. The van der Waals surface area contributed by atoms with Crippen molar-refractivity contribution < 1.29 is 71.2 Å². The fourth-order valence-corrected chi connectivity index (χ4v) is 16.5. The number of hydrogen-bond acceptors (Lipinski definition) is 7. The average Bonchev–Trinajstić information content (AvgIpc) is 1.57. The van der Waals surface area contributed by atoms with Gasteiger partial charge in [0.25, 0.3) is 0 Å². The lowest BCUT2D eigenvalue weighted by Gasteiger charge is -2.25. The SMILES string of the molecule is Cc1sc(-c2ccccc2)cc1C1=C(c2cc(-c3cc4ccccc4c4c3OP(=O)(O)Oc3c(-c5cc(C6=C(c7cc(-c8ccccc8)sc7C)C(F)(F)C(F)(F)C6(F)F)c(C)s5)cc5ccccc5c3-4)sc2C)C(F)(F)C(F)(F)C1(F)F. The number of halogens is 12. The Morgan fingerprint density at radius 2 is 0.651 bits per heavy atom. The van der Waals surface area contributed by atoms with Crippen molar-refractivity contribution in [2.75, 3.05) is 0 Å². The first-order chi connectivity index (χ1) is 39.1. The van der Waals surface area contributed by atoms with Crippen LogP contribution in [0.3, 0.4) is 0 Å². The average molecular weight is 1230 g/mol. The second kappa shape index (κ2) is 18.5. The van der Waals surface area contributed by atoms with E-state index in [4.69, 9.17) is 9.05 Å². The topological polar surface area (TPSA) is 55.8 Å². The van der Waals surface area contributed by atoms with Gasteiger partial charge in [-0.1, -0.05) is 109 Å². The molecule has 0 amide bonds. The van der Waals surface area contributed by atoms with Crippen LogP contribution in [0, 0.1) is 27.7 Å². The van der Waals surface area contributed by atoms with Crippen molar-refractivity contribution in [2.24, 2.45) is 0 Å². The molecule has 4 nitrogen and oxygen atoms in total. The lowest BCUT2D eigenvalue weighted by atomic mass is 9.88. The smallest absolute Gasteiger partial charge is 0.394 e. The molecule has 0 radical (unpaired) electrons. The normalized spacial score (nSPS) is 18.8. The predicted molar refractivity (Wildman–Crippen MR) is 306 cm³/mol. The lowest BCUT2D eigenvalue weighted by Crippen LogP contribution is -2.48. The molecular formula is C62H37F12O4PS4. The third kappa shape index (κ3) is 7.91. The fraction of sp³-hybridized carbons (Fsp3) is 0.161. The summed E-state index contributed by atoms with van der Waals surface area (Å²) < 4.78 is 222. The highest BCUT2D eigenvalue weighted by molar-refractivity contribution is 7.48. The summed E-state index contributed by atoms with van der Waals surface area (Å²) in [6.45, 7) is 5.31. The van der Waals surface area contributed by atoms with Crippen LogP contribution in [0.1, 0.15) is 41.8 Å². The zero-order valence-electron chi connectivity index (χ0n) is 43.1. The van der Waals surface area contributed by atoms with Gasteiger partial charge in [0, 0.05) is 83.6 Å². The van der Waals surface area contributed by atoms with Crippen LogP contribution in [0.4, 0.5) is 52.7 Å². The number of fused-ring (bicyclic) bond motifs is 7. The minimum absolute atomic E-state index is 0.0410. The highest BCUT2D eigenvalue weighted by atomic mass is 32.1. The molecule has 83 heavy (non-hydrogen) atoms. The number of rotatable bonds is 8. The molecule has 21 heteroatoms. The van der Waals surface area contributed by atoms with Crippen molar-refractivity contribution >= 4 is 97.0 Å². The molecule has 422 valence electrons. The van der Waals surface area contributed by atoms with Gasteiger partial charge in [-0.25, -0.2) is 4.57 Å². The molecule has 1 aliphatic heterocycles. The van der Waals surface area contributed by atoms with Crippen LogP contribution in [0.15, 0.2) is 146 Å². The molecule has 4 aromatic heterocycles. The Bertz CT molecular complexity index is 4230. The number of hydrogen-bond donors (Lipinski definition) is 1. The Kier molecular flexibility index (Phi) is 12.3. The summed E-state index contributed by atoms with van der Waals surface area (Å²) >= 11 is 3.38. The fourth-order valence-electron chi connectivity index (χ4n) is 11.5. The Balaban J connectivity index is 1.04. The largest absolute Gasteiger partial charge is 0.584 e. The van der Waals surface area contributed by atoms with E-state index in [-0.39, 0.29) is 51.5 Å². The van der Waals surface area contributed by atoms with Crippen molar-refractivity contribution in [1.29, 1.82) is 0 Å². The molecule has 2 aliphatic carbocycles. The predicted octanol–water partition coefficient (Wildman–Crippen LogP) is 21.3. The standard InChI is InChI=1S/C62H37F12O4PS4/c1-29-39(25-45(80-29)33-15-7-5-8-16-33)51-53(59(67,68)61(71,72)57(51,63)64)41-27-47(82-31(41)3)43-23-35-19-11-13-21-37(35)49-50-38-22-14-12-20-36(38)24-44(56(50)78-79(75,76)77-55(43)49)48-28-42(32(4)83-48)54-52(58(65,66)62(73,74)60(54,69)70)40-26-46(81-30(40)2)34-17-9-6-10-18-34/h5-28H,1-4H3,(H,75,76). The van der Waals surface area contributed by atoms with Gasteiger partial charge in [0.1, 0.15) is 11.5 Å². The third-order valence-corrected chi connectivity index (χ3v) is 20.6. The highest BCUT2D eigenvalue weighted by Gasteiger charge is 2.82. The molecule has 5 heterocycles. The first-order valence-electron chi connectivity index (χ1n) is 25.2. The van der Waals surface area contributed by atoms with Gasteiger partial charge in [0.15, 0.2) is 0 Å². The van der Waals surface area contributed by atoms with E-state index in [0.717, 1.165) is 57.5 Å². The quantitative estimate of drug-likeness (QED) is 0.122. The van der Waals surface area contributed by atoms with E-state index >= 15 is 52.7 Å². The lowest BCUT2D eigenvalue weighted by molar-refractivity contribution is -0.254. The minimum Gasteiger partial charge on any atom is -0.394 e. The third-order valence-electron chi connectivity index (χ3n) is 15.4. The van der Waals surface area contributed by atoms with Gasteiger partial charge < -0.3 is 9.05 Å². The Morgan fingerprint density at radius 3 is 0.976 bits per heavy atom. The first kappa shape index (κ1) is 55.3. The number of benzene rings is 6. The number of phosphoric ester groups is 1. The molecule has 1 N–H and O–H groups in total. The van der Waals surface area contributed by atoms with E-state index < -0.39 is 99.4 Å². The summed E-state index contributed by atoms with van der Waals surface area (Å²) in [5, 5.41) is 1.43. The van der Waals surface area contributed by atoms with Gasteiger partial charge in [-0.15, -0.1) is 45.3 Å². The molecule has 0 fully saturated rings. The molecule has 0 saturated carbocycles. The van der Waals surface area contributed by atoms with Crippen LogP contribution in [-0.2, 0) is 4.57 Å². The maximum atomic E-state index is 16.6. The van der Waals surface area contributed by atoms with Gasteiger partial charge in [-0.3, -0.25) is 4.89 Å². The van der Waals surface area contributed by atoms with Crippen molar-refractivity contribution in [1.82, 2.24) is 0 Å². The van der Waals surface area contributed by atoms with Crippen molar-refractivity contribution in [3.05, 3.63) is 187 Å². The molecular weight excluding hydrogens is 1200 g/mol. The summed E-state index contributed by atoms with van der Waals surface area (Å²) in [5.41, 5.74) is -7.72. The second-order valence-electron chi connectivity index (χ2n) is 20.4. The van der Waals surface area contributed by atoms with E-state index in [2.05, 4.69) is 0 Å². The molecule has 0 spiro atoms. The molecule has 3 aliphatic rings. The van der Waals surface area contributed by atoms with Crippen LogP contribution in [0.2, 0.25) is 0 Å². The van der Waals surface area contributed by atoms with Crippen molar-refractivity contribution in [3.63, 3.8) is 0 Å². The van der Waals surface area contributed by atoms with Crippen LogP contribution >= 0.6 is 53.2 Å². The summed E-state index contributed by atoms with van der Waals surface area (Å²) in [5.74, 6) is -34.3. The highest BCUT2D eigenvalue weighted by Crippen LogP contribution is 2.69. The molecule has 13 rings (SSSR count). The van der Waals surface area contributed by atoms with Gasteiger partial charge >= 0.3 is 43.4 Å². The first-order valence-corrected chi connectivity index (χ1v) is 30.0. The summed E-state index contributed by atoms with van der Waals surface area (Å²) in [6.07, 6.45) is 0. The summed E-state index contributed by atoms with van der Waals surface area (Å²) in [6, 6.07) is 37.1. The van der Waals surface area contributed by atoms with Crippen molar-refractivity contribution in [3.8, 4) is 64.4 Å². The molecule has 6 aromatic carbocycles. The maximum absolute atomic E-state index is 16.6. The zero-order valence-corrected chi connectivity index (χ0v) is 47.3. The summed E-state index contributed by atoms with van der Waals surface area (Å²) in [4.78, 5) is 12.4. The van der Waals surface area contributed by atoms with E-state index in [1.165, 1.54) is 52.0 Å². The molecule has 10 aromatic rings. The monoisotopic (exact) mass is 1230 g/mol. The Hall–Kier alpha value is -6.93. The molecule has 0 saturated heterocycles. The molecule has 0 unspecified atom stereocenters. The summed E-state index contributed by atoms with van der Waals surface area (Å²) in [7, 11) is -5.51. The van der Waals surface area contributed by atoms with Gasteiger partial charge in [0.2, 0.25) is 0 Å². The number of phosphoric acid groups is 1. The number of allylic oxidation sites excluding steroid dienone is 4. The van der Waals surface area contributed by atoms with Crippen molar-refractivity contribution in [2.45, 2.75) is 63.2 Å². The van der Waals surface area contributed by atoms with Crippen LogP contribution in [0.25, 0.3) is 96.7 Å². The number of alkyl halides is 12.